The predicted molar refractivity (Wildman–Crippen MR) is 80.3 cm³/mol. The highest BCUT2D eigenvalue weighted by Crippen LogP contribution is 2.39. The molecule has 2 aliphatic rings. The van der Waals surface area contributed by atoms with Gasteiger partial charge in [0.05, 0.1) is 18.2 Å². The van der Waals surface area contributed by atoms with Gasteiger partial charge in [0, 0.05) is 13.0 Å². The normalized spacial score (nSPS) is 26.3. The lowest BCUT2D eigenvalue weighted by Gasteiger charge is -2.34. The zero-order valence-electron chi connectivity index (χ0n) is 12.6. The lowest BCUT2D eigenvalue weighted by molar-refractivity contribution is -0.0124. The van der Waals surface area contributed by atoms with Gasteiger partial charge < -0.3 is 14.8 Å². The molecule has 2 unspecified atom stereocenters. The van der Waals surface area contributed by atoms with E-state index in [-0.39, 0.29) is 11.6 Å². The summed E-state index contributed by atoms with van der Waals surface area (Å²) in [6.45, 7) is 7.18. The van der Waals surface area contributed by atoms with Gasteiger partial charge in [-0.1, -0.05) is 19.1 Å². The van der Waals surface area contributed by atoms with Gasteiger partial charge in [-0.3, -0.25) is 0 Å². The van der Waals surface area contributed by atoms with E-state index in [2.05, 4.69) is 37.4 Å². The van der Waals surface area contributed by atoms with Crippen LogP contribution in [0.15, 0.2) is 18.2 Å². The molecule has 3 rings (SSSR count). The first kappa shape index (κ1) is 13.9. The summed E-state index contributed by atoms with van der Waals surface area (Å²) in [4.78, 5) is 0. The Kier molecular flexibility index (Phi) is 3.99. The van der Waals surface area contributed by atoms with E-state index in [1.54, 1.807) is 0 Å². The molecule has 20 heavy (non-hydrogen) atoms. The van der Waals surface area contributed by atoms with Crippen molar-refractivity contribution >= 4 is 0 Å². The van der Waals surface area contributed by atoms with E-state index in [0.717, 1.165) is 51.2 Å². The zero-order chi connectivity index (χ0) is 14.0. The van der Waals surface area contributed by atoms with E-state index in [4.69, 9.17) is 9.47 Å². The molecule has 0 amide bonds. The van der Waals surface area contributed by atoms with Gasteiger partial charge >= 0.3 is 0 Å². The van der Waals surface area contributed by atoms with E-state index >= 15 is 0 Å². The number of hydrogen-bond donors (Lipinski definition) is 1. The van der Waals surface area contributed by atoms with Crippen LogP contribution in [0.25, 0.3) is 0 Å². The van der Waals surface area contributed by atoms with E-state index in [9.17, 15) is 0 Å². The summed E-state index contributed by atoms with van der Waals surface area (Å²) in [5.41, 5.74) is 2.60. The summed E-state index contributed by atoms with van der Waals surface area (Å²) in [6, 6.07) is 6.90. The topological polar surface area (TPSA) is 30.5 Å². The van der Waals surface area contributed by atoms with Crippen molar-refractivity contribution in [1.82, 2.24) is 5.32 Å². The van der Waals surface area contributed by atoms with E-state index in [0.29, 0.717) is 0 Å². The van der Waals surface area contributed by atoms with Crippen LogP contribution in [0.2, 0.25) is 0 Å². The number of fused-ring (bicyclic) bond motifs is 1. The second-order valence-electron chi connectivity index (χ2n) is 6.12. The maximum Gasteiger partial charge on any atom is 0.122 e. The van der Waals surface area contributed by atoms with Crippen LogP contribution in [0.3, 0.4) is 0 Å². The molecule has 3 nitrogen and oxygen atoms in total. The molecule has 2 atom stereocenters. The molecular formula is C17H25NO2. The van der Waals surface area contributed by atoms with Gasteiger partial charge in [-0.25, -0.2) is 0 Å². The van der Waals surface area contributed by atoms with Crippen LogP contribution >= 0.6 is 0 Å². The molecule has 0 bridgehead atoms. The first-order valence-electron chi connectivity index (χ1n) is 7.86. The van der Waals surface area contributed by atoms with Crippen molar-refractivity contribution in [1.29, 1.82) is 0 Å². The minimum absolute atomic E-state index is 0.0805. The molecular weight excluding hydrogens is 250 g/mol. The largest absolute Gasteiger partial charge is 0.493 e. The van der Waals surface area contributed by atoms with Crippen LogP contribution in [0.4, 0.5) is 0 Å². The summed E-state index contributed by atoms with van der Waals surface area (Å²) < 4.78 is 11.7. The second kappa shape index (κ2) is 5.74. The van der Waals surface area contributed by atoms with Crippen molar-refractivity contribution in [2.24, 2.45) is 0 Å². The van der Waals surface area contributed by atoms with Gasteiger partial charge in [0.25, 0.3) is 0 Å². The second-order valence-corrected chi connectivity index (χ2v) is 6.12. The van der Waals surface area contributed by atoms with Crippen molar-refractivity contribution < 1.29 is 9.47 Å². The zero-order valence-corrected chi connectivity index (χ0v) is 12.6. The smallest absolute Gasteiger partial charge is 0.122 e. The molecule has 1 aromatic carbocycles. The maximum absolute atomic E-state index is 6.08. The van der Waals surface area contributed by atoms with Crippen LogP contribution in [0.5, 0.6) is 5.75 Å². The Morgan fingerprint density at radius 1 is 1.35 bits per heavy atom. The molecule has 0 spiro atoms. The number of rotatable bonds is 5. The van der Waals surface area contributed by atoms with Gasteiger partial charge in [-0.2, -0.15) is 0 Å². The summed E-state index contributed by atoms with van der Waals surface area (Å²) in [6.07, 6.45) is 4.46. The van der Waals surface area contributed by atoms with Gasteiger partial charge in [0.2, 0.25) is 0 Å². The third kappa shape index (κ3) is 2.57. The van der Waals surface area contributed by atoms with Crippen LogP contribution < -0.4 is 10.1 Å². The van der Waals surface area contributed by atoms with Crippen LogP contribution in [0.1, 0.15) is 50.3 Å². The van der Waals surface area contributed by atoms with Crippen molar-refractivity contribution in [3.63, 3.8) is 0 Å². The van der Waals surface area contributed by atoms with Gasteiger partial charge in [-0.15, -0.1) is 0 Å². The molecule has 3 heteroatoms. The summed E-state index contributed by atoms with van der Waals surface area (Å²) in [7, 11) is 0. The van der Waals surface area contributed by atoms with E-state index in [1.807, 2.05) is 0 Å². The Morgan fingerprint density at radius 3 is 3.00 bits per heavy atom. The summed E-state index contributed by atoms with van der Waals surface area (Å²) in [5, 5.41) is 3.69. The minimum atomic E-state index is -0.0805. The standard InChI is InChI=1S/C17H25NO2/c1-3-9-18-16(17(2)8-4-10-20-17)14-5-6-15-13(12-14)7-11-19-15/h5-6,12,16,18H,3-4,7-11H2,1-2H3. The molecule has 1 N–H and O–H groups in total. The SMILES string of the molecule is CCCNC(c1ccc2c(c1)CCO2)C1(C)CCCO1. The number of benzene rings is 1. The Labute approximate surface area is 121 Å². The van der Waals surface area contributed by atoms with Gasteiger partial charge in [0.15, 0.2) is 0 Å². The Balaban J connectivity index is 1.88. The first-order valence-corrected chi connectivity index (χ1v) is 7.86. The van der Waals surface area contributed by atoms with Gasteiger partial charge in [0.1, 0.15) is 5.75 Å². The van der Waals surface area contributed by atoms with Crippen LogP contribution in [-0.4, -0.2) is 25.4 Å². The summed E-state index contributed by atoms with van der Waals surface area (Å²) in [5.74, 6) is 1.06. The molecule has 2 heterocycles. The molecule has 0 aliphatic carbocycles. The number of hydrogen-bond acceptors (Lipinski definition) is 3. The molecule has 0 aromatic heterocycles. The Morgan fingerprint density at radius 2 is 2.25 bits per heavy atom. The average Bonchev–Trinajstić information content (AvgIpc) is 3.08. The molecule has 110 valence electrons. The van der Waals surface area contributed by atoms with Gasteiger partial charge in [-0.05, 0) is 49.9 Å². The fourth-order valence-electron chi connectivity index (χ4n) is 3.39. The lowest BCUT2D eigenvalue weighted by Crippen LogP contribution is -2.41. The molecule has 0 saturated carbocycles. The average molecular weight is 275 g/mol. The lowest BCUT2D eigenvalue weighted by atomic mass is 9.86. The highest BCUT2D eigenvalue weighted by Gasteiger charge is 2.39. The highest BCUT2D eigenvalue weighted by molar-refractivity contribution is 5.41. The van der Waals surface area contributed by atoms with Crippen molar-refractivity contribution in [3.05, 3.63) is 29.3 Å². The molecule has 1 aromatic rings. The first-order chi connectivity index (χ1) is 9.73. The third-order valence-electron chi connectivity index (χ3n) is 4.51. The Hall–Kier alpha value is -1.06. The number of ether oxygens (including phenoxy) is 2. The van der Waals surface area contributed by atoms with Crippen molar-refractivity contribution in [2.75, 3.05) is 19.8 Å². The van der Waals surface area contributed by atoms with Crippen LogP contribution in [-0.2, 0) is 11.2 Å². The fourth-order valence-corrected chi connectivity index (χ4v) is 3.39. The van der Waals surface area contributed by atoms with Crippen molar-refractivity contribution in [2.45, 2.75) is 51.2 Å². The minimum Gasteiger partial charge on any atom is -0.493 e. The Bertz CT molecular complexity index is 466. The third-order valence-corrected chi connectivity index (χ3v) is 4.51. The molecule has 2 aliphatic heterocycles. The molecule has 0 radical (unpaired) electrons. The van der Waals surface area contributed by atoms with E-state index < -0.39 is 0 Å². The quantitative estimate of drug-likeness (QED) is 0.895. The molecule has 1 saturated heterocycles. The maximum atomic E-state index is 6.08. The monoisotopic (exact) mass is 275 g/mol. The number of nitrogens with one attached hydrogen (secondary N) is 1. The summed E-state index contributed by atoms with van der Waals surface area (Å²) >= 11 is 0. The highest BCUT2D eigenvalue weighted by atomic mass is 16.5. The van der Waals surface area contributed by atoms with Crippen molar-refractivity contribution in [3.8, 4) is 5.75 Å². The predicted octanol–water partition coefficient (Wildman–Crippen LogP) is 3.23. The molecule has 1 fully saturated rings. The fraction of sp³-hybridized carbons (Fsp3) is 0.647. The van der Waals surface area contributed by atoms with Crippen LogP contribution in [0, 0.1) is 0 Å². The van der Waals surface area contributed by atoms with E-state index in [1.165, 1.54) is 11.1 Å².